The summed E-state index contributed by atoms with van der Waals surface area (Å²) in [5.74, 6) is -1.07. The first-order chi connectivity index (χ1) is 15.9. The number of aliphatic carboxylic acids is 1. The Kier molecular flexibility index (Phi) is 6.67. The van der Waals surface area contributed by atoms with E-state index in [1.54, 1.807) is 6.92 Å². The highest BCUT2D eigenvalue weighted by molar-refractivity contribution is 5.79. The lowest BCUT2D eigenvalue weighted by molar-refractivity contribution is -0.141. The van der Waals surface area contributed by atoms with Gasteiger partial charge < -0.3 is 20.5 Å². The molecular formula is C26H30N2O5. The Hall–Kier alpha value is -3.35. The van der Waals surface area contributed by atoms with Crippen molar-refractivity contribution in [3.8, 4) is 11.1 Å². The third-order valence-electron chi connectivity index (χ3n) is 6.80. The number of ether oxygens (including phenoxy) is 1. The van der Waals surface area contributed by atoms with Gasteiger partial charge in [0.25, 0.3) is 0 Å². The van der Waals surface area contributed by atoms with Crippen molar-refractivity contribution in [3.05, 3.63) is 59.7 Å². The largest absolute Gasteiger partial charge is 0.481 e. The Labute approximate surface area is 193 Å². The van der Waals surface area contributed by atoms with Crippen molar-refractivity contribution in [2.24, 2.45) is 5.41 Å². The van der Waals surface area contributed by atoms with Gasteiger partial charge in [-0.25, -0.2) is 4.79 Å². The molecule has 0 radical (unpaired) electrons. The lowest BCUT2D eigenvalue weighted by Gasteiger charge is -2.40. The molecule has 3 N–H and O–H groups in total. The molecule has 174 valence electrons. The molecule has 1 saturated carbocycles. The van der Waals surface area contributed by atoms with Crippen LogP contribution in [0.3, 0.4) is 0 Å². The number of amides is 2. The number of rotatable bonds is 9. The van der Waals surface area contributed by atoms with Crippen molar-refractivity contribution >= 4 is 18.0 Å². The molecule has 1 fully saturated rings. The van der Waals surface area contributed by atoms with E-state index < -0.39 is 18.1 Å². The fourth-order valence-electron chi connectivity index (χ4n) is 4.94. The summed E-state index contributed by atoms with van der Waals surface area (Å²) in [6, 6.07) is 15.9. The number of carboxylic acids is 1. The normalized spacial score (nSPS) is 16.6. The van der Waals surface area contributed by atoms with Crippen molar-refractivity contribution in [3.63, 3.8) is 0 Å². The number of alkyl carbamates (subject to hydrolysis) is 1. The van der Waals surface area contributed by atoms with Crippen LogP contribution in [-0.2, 0) is 14.3 Å². The Morgan fingerprint density at radius 1 is 1.06 bits per heavy atom. The SMILES string of the molecule is CC(CC(=O)NCC1(CC(=O)O)CCC1)NC(=O)OCC1c2ccccc2-c2ccccc21. The Morgan fingerprint density at radius 2 is 1.67 bits per heavy atom. The number of nitrogens with one attached hydrogen (secondary N) is 2. The van der Waals surface area contributed by atoms with Gasteiger partial charge in [0.05, 0.1) is 6.42 Å². The first-order valence-corrected chi connectivity index (χ1v) is 11.5. The molecule has 7 nitrogen and oxygen atoms in total. The molecule has 0 heterocycles. The van der Waals surface area contributed by atoms with Gasteiger partial charge >= 0.3 is 12.1 Å². The fraction of sp³-hybridized carbons (Fsp3) is 0.423. The molecule has 2 amide bonds. The van der Waals surface area contributed by atoms with Gasteiger partial charge in [-0.3, -0.25) is 9.59 Å². The second-order valence-corrected chi connectivity index (χ2v) is 9.28. The van der Waals surface area contributed by atoms with E-state index in [1.807, 2.05) is 24.3 Å². The number of fused-ring (bicyclic) bond motifs is 3. The minimum Gasteiger partial charge on any atom is -0.481 e. The smallest absolute Gasteiger partial charge is 0.407 e. The molecule has 33 heavy (non-hydrogen) atoms. The van der Waals surface area contributed by atoms with E-state index >= 15 is 0 Å². The summed E-state index contributed by atoms with van der Waals surface area (Å²) in [5, 5.41) is 14.7. The topological polar surface area (TPSA) is 105 Å². The van der Waals surface area contributed by atoms with E-state index in [9.17, 15) is 14.4 Å². The van der Waals surface area contributed by atoms with Crippen molar-refractivity contribution in [1.82, 2.24) is 10.6 Å². The number of carboxylic acid groups (broad SMARTS) is 1. The van der Waals surface area contributed by atoms with Crippen LogP contribution in [0.25, 0.3) is 11.1 Å². The van der Waals surface area contributed by atoms with Crippen molar-refractivity contribution in [2.75, 3.05) is 13.2 Å². The van der Waals surface area contributed by atoms with Crippen LogP contribution in [0.1, 0.15) is 56.1 Å². The number of hydrogen-bond acceptors (Lipinski definition) is 4. The molecule has 1 atom stereocenters. The molecule has 0 aromatic heterocycles. The molecule has 7 heteroatoms. The van der Waals surface area contributed by atoms with Crippen LogP contribution < -0.4 is 10.6 Å². The summed E-state index contributed by atoms with van der Waals surface area (Å²) in [6.07, 6.45) is 2.23. The third-order valence-corrected chi connectivity index (χ3v) is 6.80. The molecule has 0 aliphatic heterocycles. The molecular weight excluding hydrogens is 420 g/mol. The van der Waals surface area contributed by atoms with Crippen molar-refractivity contribution < 1.29 is 24.2 Å². The monoisotopic (exact) mass is 450 g/mol. The van der Waals surface area contributed by atoms with E-state index in [1.165, 1.54) is 11.1 Å². The zero-order chi connectivity index (χ0) is 23.4. The lowest BCUT2D eigenvalue weighted by Crippen LogP contribution is -2.45. The van der Waals surface area contributed by atoms with Gasteiger partial charge in [-0.1, -0.05) is 55.0 Å². The summed E-state index contributed by atoms with van der Waals surface area (Å²) >= 11 is 0. The molecule has 0 bridgehead atoms. The van der Waals surface area contributed by atoms with Gasteiger partial charge in [0.1, 0.15) is 6.61 Å². The van der Waals surface area contributed by atoms with Crippen molar-refractivity contribution in [1.29, 1.82) is 0 Å². The Morgan fingerprint density at radius 3 is 2.21 bits per heavy atom. The van der Waals surface area contributed by atoms with E-state index in [0.29, 0.717) is 6.54 Å². The predicted octanol–water partition coefficient (Wildman–Crippen LogP) is 4.06. The number of benzene rings is 2. The van der Waals surface area contributed by atoms with Crippen molar-refractivity contribution in [2.45, 2.75) is 51.0 Å². The van der Waals surface area contributed by atoms with E-state index in [-0.39, 0.29) is 36.7 Å². The summed E-state index contributed by atoms with van der Waals surface area (Å²) in [4.78, 5) is 35.7. The minimum atomic E-state index is -0.839. The van der Waals surface area contributed by atoms with Crippen LogP contribution in [0.5, 0.6) is 0 Å². The molecule has 1 unspecified atom stereocenters. The maximum atomic E-state index is 12.4. The fourth-order valence-corrected chi connectivity index (χ4v) is 4.94. The van der Waals surface area contributed by atoms with E-state index in [4.69, 9.17) is 9.84 Å². The molecule has 0 spiro atoms. The van der Waals surface area contributed by atoms with Crippen LogP contribution >= 0.6 is 0 Å². The van der Waals surface area contributed by atoms with Crippen LogP contribution in [0, 0.1) is 5.41 Å². The first-order valence-electron chi connectivity index (χ1n) is 11.5. The molecule has 2 aromatic rings. The predicted molar refractivity (Wildman–Crippen MR) is 124 cm³/mol. The molecule has 2 aliphatic carbocycles. The zero-order valence-corrected chi connectivity index (χ0v) is 18.8. The number of hydrogen-bond donors (Lipinski definition) is 3. The second kappa shape index (κ2) is 9.65. The highest BCUT2D eigenvalue weighted by Gasteiger charge is 2.39. The highest BCUT2D eigenvalue weighted by atomic mass is 16.5. The second-order valence-electron chi connectivity index (χ2n) is 9.28. The molecule has 4 rings (SSSR count). The van der Waals surface area contributed by atoms with E-state index in [2.05, 4.69) is 34.9 Å². The lowest BCUT2D eigenvalue weighted by atomic mass is 9.66. The van der Waals surface area contributed by atoms with Gasteiger partial charge in [0.2, 0.25) is 5.91 Å². The van der Waals surface area contributed by atoms with Crippen LogP contribution in [-0.4, -0.2) is 42.3 Å². The summed E-state index contributed by atoms with van der Waals surface area (Å²) < 4.78 is 5.53. The van der Waals surface area contributed by atoms with Crippen LogP contribution in [0.4, 0.5) is 4.79 Å². The average Bonchev–Trinajstić information content (AvgIpc) is 3.07. The standard InChI is InChI=1S/C26H30N2O5/c1-17(13-23(29)27-16-26(11-6-12-26)14-24(30)31)28-25(32)33-15-22-20-9-4-2-7-18(20)19-8-3-5-10-21(19)22/h2-5,7-10,17,22H,6,11-16H2,1H3,(H,27,29)(H,28,32)(H,30,31). The Balaban J connectivity index is 1.25. The maximum Gasteiger partial charge on any atom is 0.407 e. The van der Waals surface area contributed by atoms with Gasteiger partial charge in [-0.05, 0) is 47.4 Å². The average molecular weight is 451 g/mol. The van der Waals surface area contributed by atoms with Gasteiger partial charge in [0.15, 0.2) is 0 Å². The highest BCUT2D eigenvalue weighted by Crippen LogP contribution is 2.45. The van der Waals surface area contributed by atoms with Crippen LogP contribution in [0.2, 0.25) is 0 Å². The number of carbonyl (C=O) groups excluding carboxylic acids is 2. The summed E-state index contributed by atoms with van der Waals surface area (Å²) in [7, 11) is 0. The molecule has 2 aliphatic rings. The third kappa shape index (κ3) is 5.18. The summed E-state index contributed by atoms with van der Waals surface area (Å²) in [5.41, 5.74) is 4.29. The van der Waals surface area contributed by atoms with Gasteiger partial charge in [-0.15, -0.1) is 0 Å². The minimum absolute atomic E-state index is 0.0188. The zero-order valence-electron chi connectivity index (χ0n) is 18.8. The van der Waals surface area contributed by atoms with Gasteiger partial charge in [0, 0.05) is 24.9 Å². The summed E-state index contributed by atoms with van der Waals surface area (Å²) in [6.45, 7) is 2.32. The quantitative estimate of drug-likeness (QED) is 0.534. The first kappa shape index (κ1) is 22.8. The Bertz CT molecular complexity index is 1000. The van der Waals surface area contributed by atoms with E-state index in [0.717, 1.165) is 30.4 Å². The van der Waals surface area contributed by atoms with Gasteiger partial charge in [-0.2, -0.15) is 0 Å². The molecule has 0 saturated heterocycles. The number of carbonyl (C=O) groups is 3. The van der Waals surface area contributed by atoms with Crippen LogP contribution in [0.15, 0.2) is 48.5 Å². The molecule has 2 aromatic carbocycles. The maximum absolute atomic E-state index is 12.4.